The number of hydrogen-bond donors (Lipinski definition) is 2. The lowest BCUT2D eigenvalue weighted by molar-refractivity contribution is -0.163. The third kappa shape index (κ3) is 6.53. The smallest absolute Gasteiger partial charge is 0.313 e. The van der Waals surface area contributed by atoms with Crippen molar-refractivity contribution in [2.24, 2.45) is 17.8 Å². The molecule has 280 valence electrons. The minimum absolute atomic E-state index is 0.00730. The van der Waals surface area contributed by atoms with Crippen molar-refractivity contribution in [3.8, 4) is 0 Å². The van der Waals surface area contributed by atoms with Gasteiger partial charge in [0.05, 0.1) is 42.8 Å². The van der Waals surface area contributed by atoms with Crippen LogP contribution in [-0.2, 0) is 40.1 Å². The van der Waals surface area contributed by atoms with Gasteiger partial charge in [0.2, 0.25) is 11.8 Å². The minimum atomic E-state index is -1.51. The van der Waals surface area contributed by atoms with Gasteiger partial charge in [-0.3, -0.25) is 19.2 Å². The number of esters is 1. The fourth-order valence-electron chi connectivity index (χ4n) is 8.33. The SMILES string of the molecule is CC[C@H](C)[C@H](CO)N1C(=O)[C@@H]2[C@H]3C(=O)O[C@@H](c4ccccc4)[C@H](COC)NC(=O)CC/C=C\CN(Cn4nnc5ccccc54)C(=O)[C@@H]1[C@]21C=C[C@H]3O1. The molecule has 3 amide bonds. The molecular weight excluding hydrogens is 680 g/mol. The summed E-state index contributed by atoms with van der Waals surface area (Å²) < 4.78 is 20.1. The summed E-state index contributed by atoms with van der Waals surface area (Å²) in [6.07, 6.45) is 6.45. The third-order valence-electron chi connectivity index (χ3n) is 11.2. The highest BCUT2D eigenvalue weighted by Gasteiger charge is 2.74. The summed E-state index contributed by atoms with van der Waals surface area (Å²) >= 11 is 0. The molecule has 14 nitrogen and oxygen atoms in total. The second-order valence-electron chi connectivity index (χ2n) is 14.3. The summed E-state index contributed by atoms with van der Waals surface area (Å²) in [6.45, 7) is 3.65. The maximum Gasteiger partial charge on any atom is 0.313 e. The highest BCUT2D eigenvalue weighted by molar-refractivity contribution is 5.99. The van der Waals surface area contributed by atoms with Crippen molar-refractivity contribution in [1.82, 2.24) is 30.1 Å². The lowest BCUT2D eigenvalue weighted by atomic mass is 9.74. The van der Waals surface area contributed by atoms with E-state index in [-0.39, 0.29) is 38.1 Å². The molecule has 7 rings (SSSR count). The Balaban J connectivity index is 1.34. The molecule has 5 bridgehead atoms. The Morgan fingerprint density at radius 3 is 2.58 bits per heavy atom. The second kappa shape index (κ2) is 15.2. The Hall–Kier alpha value is -4.92. The molecule has 0 aliphatic carbocycles. The van der Waals surface area contributed by atoms with Gasteiger partial charge in [-0.25, -0.2) is 4.68 Å². The Labute approximate surface area is 307 Å². The molecule has 4 aliphatic heterocycles. The van der Waals surface area contributed by atoms with Crippen LogP contribution in [0.2, 0.25) is 0 Å². The van der Waals surface area contributed by atoms with E-state index in [1.165, 1.54) is 12.0 Å². The number of nitrogens with one attached hydrogen (secondary N) is 1. The number of aliphatic hydroxyl groups is 1. The first-order chi connectivity index (χ1) is 25.7. The Morgan fingerprint density at radius 2 is 1.83 bits per heavy atom. The van der Waals surface area contributed by atoms with Crippen LogP contribution in [0.25, 0.3) is 11.0 Å². The van der Waals surface area contributed by atoms with Crippen LogP contribution in [0.3, 0.4) is 0 Å². The quantitative estimate of drug-likeness (QED) is 0.247. The first-order valence-corrected chi connectivity index (χ1v) is 18.3. The number of carbonyl (C=O) groups excluding carboxylic acids is 4. The van der Waals surface area contributed by atoms with Gasteiger partial charge in [0.15, 0.2) is 0 Å². The number of benzene rings is 2. The molecule has 2 N–H and O–H groups in total. The number of para-hydroxylation sites is 1. The average molecular weight is 727 g/mol. The van der Waals surface area contributed by atoms with Gasteiger partial charge in [0.1, 0.15) is 35.9 Å². The number of methoxy groups -OCH3 is 1. The average Bonchev–Trinajstić information content (AvgIpc) is 3.92. The monoisotopic (exact) mass is 726 g/mol. The normalized spacial score (nSPS) is 30.7. The molecule has 53 heavy (non-hydrogen) atoms. The fraction of sp³-hybridized carbons (Fsp3) is 0.487. The number of nitrogens with zero attached hydrogens (tertiary/aromatic N) is 5. The molecular formula is C39H46N6O8. The highest BCUT2D eigenvalue weighted by atomic mass is 16.6. The zero-order chi connectivity index (χ0) is 37.3. The Bertz CT molecular complexity index is 1900. The maximum absolute atomic E-state index is 15.2. The molecule has 2 saturated heterocycles. The van der Waals surface area contributed by atoms with Crippen molar-refractivity contribution >= 4 is 34.7 Å². The third-order valence-corrected chi connectivity index (χ3v) is 11.2. The molecule has 2 fully saturated rings. The van der Waals surface area contributed by atoms with Crippen molar-refractivity contribution in [1.29, 1.82) is 0 Å². The van der Waals surface area contributed by atoms with Crippen LogP contribution < -0.4 is 5.32 Å². The van der Waals surface area contributed by atoms with Crippen LogP contribution in [0, 0.1) is 17.8 Å². The minimum Gasteiger partial charge on any atom is -0.455 e. The zero-order valence-electron chi connectivity index (χ0n) is 30.1. The van der Waals surface area contributed by atoms with Crippen LogP contribution in [0.15, 0.2) is 78.9 Å². The Kier molecular flexibility index (Phi) is 10.5. The van der Waals surface area contributed by atoms with E-state index in [4.69, 9.17) is 14.2 Å². The van der Waals surface area contributed by atoms with Crippen molar-refractivity contribution in [2.45, 2.75) is 75.7 Å². The van der Waals surface area contributed by atoms with E-state index >= 15 is 4.79 Å². The standard InChI is InChI=1S/C39H46N6O8/c1-4-24(2)29(21-46)45-35-37(49)43(23-44-28-16-11-10-15-26(28)41-42-44)20-12-6-9-17-31(47)40-27(22-51-3)34(25-13-7-5-8-14-25)52-38(50)32-30-18-19-39(35,53-30)33(32)36(45)48/h5-8,10-16,18-19,24,27,29-30,32-35,46H,4,9,17,20-23H2,1-3H3,(H,40,47)/b12-6-/t24-,27-,29-,30+,32-,33-,34-,35+,39-/m0/s1. The molecule has 1 spiro atoms. The van der Waals surface area contributed by atoms with Crippen LogP contribution in [0.4, 0.5) is 0 Å². The number of aliphatic hydroxyl groups excluding tert-OH is 1. The predicted octanol–water partition coefficient (Wildman–Crippen LogP) is 2.54. The molecule has 1 aromatic heterocycles. The van der Waals surface area contributed by atoms with Gasteiger partial charge in [0, 0.05) is 20.1 Å². The topological polar surface area (TPSA) is 165 Å². The van der Waals surface area contributed by atoms with E-state index in [2.05, 4.69) is 15.6 Å². The highest BCUT2D eigenvalue weighted by Crippen LogP contribution is 2.56. The number of rotatable bonds is 9. The summed E-state index contributed by atoms with van der Waals surface area (Å²) in [5, 5.41) is 22.4. The first-order valence-electron chi connectivity index (χ1n) is 18.3. The van der Waals surface area contributed by atoms with Gasteiger partial charge < -0.3 is 34.4 Å². The number of allylic oxidation sites excluding steroid dienone is 1. The number of hydrogen-bond acceptors (Lipinski definition) is 10. The Morgan fingerprint density at radius 1 is 1.06 bits per heavy atom. The molecule has 9 atom stereocenters. The van der Waals surface area contributed by atoms with E-state index in [0.717, 1.165) is 0 Å². The summed E-state index contributed by atoms with van der Waals surface area (Å²) in [5.41, 5.74) is 0.498. The number of likely N-dealkylation sites (tertiary alicyclic amines) is 1. The van der Waals surface area contributed by atoms with Crippen molar-refractivity contribution in [3.05, 3.63) is 84.5 Å². The van der Waals surface area contributed by atoms with Gasteiger partial charge in [0.25, 0.3) is 5.91 Å². The molecule has 3 aromatic rings. The van der Waals surface area contributed by atoms with Crippen molar-refractivity contribution in [2.75, 3.05) is 26.9 Å². The van der Waals surface area contributed by atoms with Gasteiger partial charge >= 0.3 is 5.97 Å². The van der Waals surface area contributed by atoms with E-state index < -0.39 is 72.2 Å². The van der Waals surface area contributed by atoms with Crippen LogP contribution >= 0.6 is 0 Å². The van der Waals surface area contributed by atoms with Gasteiger partial charge in [-0.1, -0.05) is 92.3 Å². The maximum atomic E-state index is 15.2. The second-order valence-corrected chi connectivity index (χ2v) is 14.3. The fourth-order valence-corrected chi connectivity index (χ4v) is 8.33. The molecule has 0 radical (unpaired) electrons. The number of aromatic nitrogens is 3. The van der Waals surface area contributed by atoms with Crippen molar-refractivity contribution in [3.63, 3.8) is 0 Å². The molecule has 14 heteroatoms. The van der Waals surface area contributed by atoms with E-state index in [9.17, 15) is 19.5 Å². The lowest BCUT2D eigenvalue weighted by Crippen LogP contribution is -2.59. The van der Waals surface area contributed by atoms with Crippen LogP contribution in [0.1, 0.15) is 44.8 Å². The van der Waals surface area contributed by atoms with Crippen LogP contribution in [0.5, 0.6) is 0 Å². The summed E-state index contributed by atoms with van der Waals surface area (Å²) in [7, 11) is 1.51. The predicted molar refractivity (Wildman–Crippen MR) is 191 cm³/mol. The number of carbonyl (C=O) groups is 4. The molecule has 2 aromatic carbocycles. The number of amides is 3. The zero-order valence-corrected chi connectivity index (χ0v) is 30.1. The van der Waals surface area contributed by atoms with E-state index in [0.29, 0.717) is 29.4 Å². The van der Waals surface area contributed by atoms with E-state index in [1.54, 1.807) is 33.9 Å². The number of ether oxygens (including phenoxy) is 3. The van der Waals surface area contributed by atoms with Gasteiger partial charge in [-0.05, 0) is 30.0 Å². The van der Waals surface area contributed by atoms with Gasteiger partial charge in [-0.2, -0.15) is 0 Å². The first kappa shape index (κ1) is 36.4. The summed E-state index contributed by atoms with van der Waals surface area (Å²) in [4.78, 5) is 61.0. The summed E-state index contributed by atoms with van der Waals surface area (Å²) in [5.74, 6) is -4.25. The van der Waals surface area contributed by atoms with Gasteiger partial charge in [-0.15, -0.1) is 5.10 Å². The molecule has 0 unspecified atom stereocenters. The lowest BCUT2D eigenvalue weighted by Gasteiger charge is -2.40. The number of fused-ring (bicyclic) bond motifs is 3. The molecule has 0 saturated carbocycles. The molecule has 5 heterocycles. The van der Waals surface area contributed by atoms with Crippen LogP contribution in [-0.4, -0.2) is 110 Å². The summed E-state index contributed by atoms with van der Waals surface area (Å²) in [6, 6.07) is 13.8. The largest absolute Gasteiger partial charge is 0.455 e. The van der Waals surface area contributed by atoms with Crippen molar-refractivity contribution < 1.29 is 38.5 Å². The number of cyclic esters (lactones) is 1. The van der Waals surface area contributed by atoms with E-state index in [1.807, 2.05) is 68.5 Å². The molecule has 4 aliphatic rings.